The third kappa shape index (κ3) is 3.34. The first-order valence-electron chi connectivity index (χ1n) is 6.11. The van der Waals surface area contributed by atoms with Crippen LogP contribution in [0, 0.1) is 0 Å². The number of rotatable bonds is 5. The molecular formula is C14H16N2O3. The molecule has 19 heavy (non-hydrogen) atoms. The van der Waals surface area contributed by atoms with Gasteiger partial charge in [0.25, 0.3) is 0 Å². The van der Waals surface area contributed by atoms with Crippen molar-refractivity contribution in [1.29, 1.82) is 0 Å². The maximum atomic E-state index is 11.8. The molecule has 0 aliphatic heterocycles. The summed E-state index contributed by atoms with van der Waals surface area (Å²) in [7, 11) is 0. The van der Waals surface area contributed by atoms with Crippen LogP contribution < -0.4 is 5.32 Å². The number of carbonyl (C=O) groups excluding carboxylic acids is 1. The molecule has 1 aromatic heterocycles. The van der Waals surface area contributed by atoms with E-state index in [0.29, 0.717) is 0 Å². The number of aromatic nitrogens is 1. The largest absolute Gasteiger partial charge is 0.481 e. The third-order valence-electron chi connectivity index (χ3n) is 2.88. The van der Waals surface area contributed by atoms with Crippen molar-refractivity contribution < 1.29 is 14.7 Å². The minimum absolute atomic E-state index is 0.0713. The van der Waals surface area contributed by atoms with Crippen LogP contribution in [0.25, 0.3) is 10.9 Å². The van der Waals surface area contributed by atoms with Crippen LogP contribution in [0.15, 0.2) is 36.5 Å². The topological polar surface area (TPSA) is 71.3 Å². The quantitative estimate of drug-likeness (QED) is 0.858. The van der Waals surface area contributed by atoms with Gasteiger partial charge in [-0.15, -0.1) is 0 Å². The highest BCUT2D eigenvalue weighted by Gasteiger charge is 2.11. The number of carboxylic acid groups (broad SMARTS) is 1. The lowest BCUT2D eigenvalue weighted by Gasteiger charge is -2.12. The Morgan fingerprint density at radius 3 is 2.79 bits per heavy atom. The summed E-state index contributed by atoms with van der Waals surface area (Å²) in [5.41, 5.74) is 0.989. The number of hydrogen-bond acceptors (Lipinski definition) is 2. The molecule has 1 heterocycles. The molecule has 5 heteroatoms. The van der Waals surface area contributed by atoms with Gasteiger partial charge in [0, 0.05) is 17.8 Å². The Labute approximate surface area is 110 Å². The molecule has 0 aliphatic rings. The van der Waals surface area contributed by atoms with Crippen LogP contribution in [0.1, 0.15) is 13.3 Å². The number of benzene rings is 1. The van der Waals surface area contributed by atoms with Gasteiger partial charge in [-0.3, -0.25) is 9.59 Å². The second-order valence-electron chi connectivity index (χ2n) is 4.57. The minimum Gasteiger partial charge on any atom is -0.481 e. The Hall–Kier alpha value is -2.30. The van der Waals surface area contributed by atoms with E-state index in [1.165, 1.54) is 0 Å². The van der Waals surface area contributed by atoms with Crippen molar-refractivity contribution in [2.24, 2.45) is 0 Å². The fraction of sp³-hybridized carbons (Fsp3) is 0.286. The van der Waals surface area contributed by atoms with Gasteiger partial charge >= 0.3 is 5.97 Å². The van der Waals surface area contributed by atoms with Gasteiger partial charge in [-0.25, -0.2) is 0 Å². The van der Waals surface area contributed by atoms with E-state index >= 15 is 0 Å². The molecule has 0 bridgehead atoms. The van der Waals surface area contributed by atoms with E-state index < -0.39 is 5.97 Å². The number of para-hydroxylation sites is 1. The summed E-state index contributed by atoms with van der Waals surface area (Å²) in [5, 5.41) is 12.4. The molecule has 0 saturated carbocycles. The van der Waals surface area contributed by atoms with Crippen molar-refractivity contribution in [3.05, 3.63) is 36.5 Å². The third-order valence-corrected chi connectivity index (χ3v) is 2.88. The number of nitrogens with zero attached hydrogens (tertiary/aromatic N) is 1. The van der Waals surface area contributed by atoms with Crippen LogP contribution in [-0.4, -0.2) is 27.6 Å². The Morgan fingerprint density at radius 1 is 1.32 bits per heavy atom. The number of hydrogen-bond donors (Lipinski definition) is 2. The van der Waals surface area contributed by atoms with Crippen molar-refractivity contribution >= 4 is 22.8 Å². The lowest BCUT2D eigenvalue weighted by atomic mass is 10.2. The summed E-state index contributed by atoms with van der Waals surface area (Å²) in [6, 6.07) is 9.38. The average molecular weight is 260 g/mol. The summed E-state index contributed by atoms with van der Waals surface area (Å²) >= 11 is 0. The maximum Gasteiger partial charge on any atom is 0.305 e. The molecule has 1 amide bonds. The van der Waals surface area contributed by atoms with E-state index in [9.17, 15) is 9.59 Å². The zero-order chi connectivity index (χ0) is 13.8. The highest BCUT2D eigenvalue weighted by atomic mass is 16.4. The van der Waals surface area contributed by atoms with E-state index in [1.807, 2.05) is 41.1 Å². The first-order valence-corrected chi connectivity index (χ1v) is 6.11. The Kier molecular flexibility index (Phi) is 3.85. The van der Waals surface area contributed by atoms with Gasteiger partial charge in [0.1, 0.15) is 6.54 Å². The molecule has 0 radical (unpaired) electrons. The molecule has 0 saturated heterocycles. The van der Waals surface area contributed by atoms with Crippen molar-refractivity contribution in [2.45, 2.75) is 25.9 Å². The van der Waals surface area contributed by atoms with E-state index in [2.05, 4.69) is 5.32 Å². The summed E-state index contributed by atoms with van der Waals surface area (Å²) in [6.07, 6.45) is 1.78. The molecule has 2 N–H and O–H groups in total. The average Bonchev–Trinajstić information content (AvgIpc) is 2.71. The first kappa shape index (κ1) is 13.1. The van der Waals surface area contributed by atoms with Crippen molar-refractivity contribution in [3.8, 4) is 0 Å². The number of amides is 1. The lowest BCUT2D eigenvalue weighted by Crippen LogP contribution is -2.36. The molecule has 0 aliphatic carbocycles. The van der Waals surface area contributed by atoms with Gasteiger partial charge in [0.2, 0.25) is 5.91 Å². The van der Waals surface area contributed by atoms with Crippen LogP contribution in [0.2, 0.25) is 0 Å². The summed E-state index contributed by atoms with van der Waals surface area (Å²) in [5.74, 6) is -1.10. The second kappa shape index (κ2) is 5.56. The molecule has 1 atom stereocenters. The normalized spacial score (nSPS) is 12.3. The number of carboxylic acids is 1. The SMILES string of the molecule is C[C@@H](CC(=O)O)NC(=O)Cn1ccc2ccccc21. The van der Waals surface area contributed by atoms with E-state index in [4.69, 9.17) is 5.11 Å². The van der Waals surface area contributed by atoms with E-state index in [0.717, 1.165) is 10.9 Å². The Morgan fingerprint density at radius 2 is 2.05 bits per heavy atom. The van der Waals surface area contributed by atoms with Crippen LogP contribution >= 0.6 is 0 Å². The Balaban J connectivity index is 2.01. The zero-order valence-electron chi connectivity index (χ0n) is 10.7. The second-order valence-corrected chi connectivity index (χ2v) is 4.57. The molecule has 0 spiro atoms. The lowest BCUT2D eigenvalue weighted by molar-refractivity contribution is -0.137. The predicted octanol–water partition coefficient (Wildman–Crippen LogP) is 1.62. The predicted molar refractivity (Wildman–Crippen MR) is 71.8 cm³/mol. The molecule has 1 aromatic carbocycles. The van der Waals surface area contributed by atoms with Crippen molar-refractivity contribution in [3.63, 3.8) is 0 Å². The monoisotopic (exact) mass is 260 g/mol. The van der Waals surface area contributed by atoms with Gasteiger partial charge in [-0.1, -0.05) is 18.2 Å². The van der Waals surface area contributed by atoms with Gasteiger partial charge in [0.15, 0.2) is 0 Å². The highest BCUT2D eigenvalue weighted by molar-refractivity contribution is 5.83. The molecule has 2 aromatic rings. The number of aliphatic carboxylic acids is 1. The molecule has 2 rings (SSSR count). The van der Waals surface area contributed by atoms with Crippen LogP contribution in [-0.2, 0) is 16.1 Å². The summed E-state index contributed by atoms with van der Waals surface area (Å²) in [4.78, 5) is 22.3. The molecule has 5 nitrogen and oxygen atoms in total. The van der Waals surface area contributed by atoms with Gasteiger partial charge in [-0.2, -0.15) is 0 Å². The van der Waals surface area contributed by atoms with Crippen molar-refractivity contribution in [2.75, 3.05) is 0 Å². The van der Waals surface area contributed by atoms with E-state index in [-0.39, 0.29) is 24.9 Å². The maximum absolute atomic E-state index is 11.8. The van der Waals surface area contributed by atoms with Gasteiger partial charge in [0.05, 0.1) is 6.42 Å². The molecule has 0 fully saturated rings. The fourth-order valence-corrected chi connectivity index (χ4v) is 2.07. The minimum atomic E-state index is -0.917. The molecular weight excluding hydrogens is 244 g/mol. The number of nitrogens with one attached hydrogen (secondary N) is 1. The number of carbonyl (C=O) groups is 2. The van der Waals surface area contributed by atoms with Gasteiger partial charge in [-0.05, 0) is 24.4 Å². The van der Waals surface area contributed by atoms with Crippen molar-refractivity contribution in [1.82, 2.24) is 9.88 Å². The Bertz CT molecular complexity index is 604. The molecule has 0 unspecified atom stereocenters. The van der Waals surface area contributed by atoms with Crippen LogP contribution in [0.3, 0.4) is 0 Å². The van der Waals surface area contributed by atoms with Gasteiger partial charge < -0.3 is 15.0 Å². The molecule has 100 valence electrons. The smallest absolute Gasteiger partial charge is 0.305 e. The highest BCUT2D eigenvalue weighted by Crippen LogP contribution is 2.14. The van der Waals surface area contributed by atoms with E-state index in [1.54, 1.807) is 6.92 Å². The van der Waals surface area contributed by atoms with Crippen LogP contribution in [0.4, 0.5) is 0 Å². The first-order chi connectivity index (χ1) is 9.06. The summed E-state index contributed by atoms with van der Waals surface area (Å²) < 4.78 is 1.85. The standard InChI is InChI=1S/C14H16N2O3/c1-10(8-14(18)19)15-13(17)9-16-7-6-11-4-2-3-5-12(11)16/h2-7,10H,8-9H2,1H3,(H,15,17)(H,18,19)/t10-/m0/s1. The number of fused-ring (bicyclic) bond motifs is 1. The summed E-state index contributed by atoms with van der Waals surface area (Å²) in [6.45, 7) is 1.87. The fourth-order valence-electron chi connectivity index (χ4n) is 2.07. The van der Waals surface area contributed by atoms with Crippen LogP contribution in [0.5, 0.6) is 0 Å². The zero-order valence-corrected chi connectivity index (χ0v) is 10.7.